The molecule has 1 saturated carbocycles. The first-order valence-electron chi connectivity index (χ1n) is 6.38. The van der Waals surface area contributed by atoms with Crippen LogP contribution in [0.1, 0.15) is 25.0 Å². The lowest BCUT2D eigenvalue weighted by Gasteiger charge is -2.15. The molecule has 1 aliphatic carbocycles. The van der Waals surface area contributed by atoms with Crippen LogP contribution in [0.4, 0.5) is 14.5 Å². The third-order valence-corrected chi connectivity index (χ3v) is 3.45. The van der Waals surface area contributed by atoms with E-state index in [9.17, 15) is 8.78 Å². The Hall–Kier alpha value is -2.02. The molecule has 1 fully saturated rings. The van der Waals surface area contributed by atoms with Crippen molar-refractivity contribution in [3.63, 3.8) is 0 Å². The predicted octanol–water partition coefficient (Wildman–Crippen LogP) is 2.31. The first-order chi connectivity index (χ1) is 9.57. The molecular weight excluding hydrogens is 264 g/mol. The average molecular weight is 279 g/mol. The second-order valence-corrected chi connectivity index (χ2v) is 5.13. The molecule has 4 N–H and O–H groups in total. The SMILES string of the molecule is NC1(CNc2ccc(-c3cn[nH]c3)nc2C(F)F)CC1. The Morgan fingerprint density at radius 2 is 2.20 bits per heavy atom. The highest BCUT2D eigenvalue weighted by molar-refractivity contribution is 5.61. The molecule has 0 aromatic carbocycles. The number of alkyl halides is 2. The van der Waals surface area contributed by atoms with E-state index in [1.54, 1.807) is 24.5 Å². The maximum absolute atomic E-state index is 13.1. The standard InChI is InChI=1S/C13H15F2N5/c14-12(15)11-10(17-7-13(16)3-4-13)2-1-9(20-11)8-5-18-19-6-8/h1-2,5-6,12,17H,3-4,7,16H2,(H,18,19). The van der Waals surface area contributed by atoms with Crippen LogP contribution in [0.15, 0.2) is 24.5 Å². The highest BCUT2D eigenvalue weighted by Crippen LogP contribution is 2.34. The Morgan fingerprint density at radius 3 is 2.80 bits per heavy atom. The topological polar surface area (TPSA) is 79.6 Å². The van der Waals surface area contributed by atoms with Crippen molar-refractivity contribution in [1.29, 1.82) is 0 Å². The number of rotatable bonds is 5. The van der Waals surface area contributed by atoms with Gasteiger partial charge in [-0.15, -0.1) is 0 Å². The number of nitrogens with one attached hydrogen (secondary N) is 2. The summed E-state index contributed by atoms with van der Waals surface area (Å²) in [6.07, 6.45) is 2.36. The molecule has 0 radical (unpaired) electrons. The molecule has 5 nitrogen and oxygen atoms in total. The molecule has 7 heteroatoms. The Bertz CT molecular complexity index is 593. The van der Waals surface area contributed by atoms with Gasteiger partial charge in [-0.25, -0.2) is 13.8 Å². The van der Waals surface area contributed by atoms with Crippen molar-refractivity contribution < 1.29 is 8.78 Å². The third-order valence-electron chi connectivity index (χ3n) is 3.45. The second-order valence-electron chi connectivity index (χ2n) is 5.13. The Labute approximate surface area is 114 Å². The molecule has 0 amide bonds. The van der Waals surface area contributed by atoms with Gasteiger partial charge >= 0.3 is 0 Å². The fourth-order valence-corrected chi connectivity index (χ4v) is 1.95. The lowest BCUT2D eigenvalue weighted by atomic mass is 10.2. The van der Waals surface area contributed by atoms with E-state index in [1.807, 2.05) is 0 Å². The van der Waals surface area contributed by atoms with Crippen LogP contribution in [-0.2, 0) is 0 Å². The van der Waals surface area contributed by atoms with E-state index < -0.39 is 6.43 Å². The van der Waals surface area contributed by atoms with Gasteiger partial charge in [-0.05, 0) is 25.0 Å². The minimum atomic E-state index is -2.64. The molecule has 0 bridgehead atoms. The predicted molar refractivity (Wildman–Crippen MR) is 71.4 cm³/mol. The average Bonchev–Trinajstić information content (AvgIpc) is 2.94. The number of hydrogen-bond donors (Lipinski definition) is 3. The molecule has 3 rings (SSSR count). The number of aromatic amines is 1. The van der Waals surface area contributed by atoms with Crippen LogP contribution in [0.3, 0.4) is 0 Å². The monoisotopic (exact) mass is 279 g/mol. The number of H-pyrrole nitrogens is 1. The number of nitrogens with zero attached hydrogens (tertiary/aromatic N) is 2. The molecule has 106 valence electrons. The van der Waals surface area contributed by atoms with Crippen molar-refractivity contribution in [3.8, 4) is 11.3 Å². The van der Waals surface area contributed by atoms with Gasteiger partial charge in [0.2, 0.25) is 0 Å². The van der Waals surface area contributed by atoms with Gasteiger partial charge in [0, 0.05) is 23.8 Å². The molecule has 0 spiro atoms. The van der Waals surface area contributed by atoms with E-state index in [1.165, 1.54) is 0 Å². The first-order valence-corrected chi connectivity index (χ1v) is 6.38. The van der Waals surface area contributed by atoms with Gasteiger partial charge in [-0.2, -0.15) is 5.10 Å². The maximum Gasteiger partial charge on any atom is 0.282 e. The summed E-state index contributed by atoms with van der Waals surface area (Å²) in [6, 6.07) is 3.30. The summed E-state index contributed by atoms with van der Waals surface area (Å²) in [5, 5.41) is 9.40. The zero-order valence-corrected chi connectivity index (χ0v) is 10.7. The molecule has 1 aliphatic rings. The Morgan fingerprint density at radius 1 is 1.40 bits per heavy atom. The van der Waals surface area contributed by atoms with Crippen molar-refractivity contribution in [1.82, 2.24) is 15.2 Å². The van der Waals surface area contributed by atoms with Crippen molar-refractivity contribution in [3.05, 3.63) is 30.2 Å². The smallest absolute Gasteiger partial charge is 0.282 e. The lowest BCUT2D eigenvalue weighted by Crippen LogP contribution is -2.31. The maximum atomic E-state index is 13.1. The lowest BCUT2D eigenvalue weighted by molar-refractivity contribution is 0.147. The van der Waals surface area contributed by atoms with Gasteiger partial charge in [0.05, 0.1) is 17.6 Å². The zero-order valence-electron chi connectivity index (χ0n) is 10.7. The van der Waals surface area contributed by atoms with Gasteiger partial charge in [-0.1, -0.05) is 0 Å². The van der Waals surface area contributed by atoms with Gasteiger partial charge in [0.15, 0.2) is 0 Å². The first kappa shape index (κ1) is 13.0. The molecule has 2 heterocycles. The molecule has 0 atom stereocenters. The summed E-state index contributed by atoms with van der Waals surface area (Å²) in [4.78, 5) is 4.02. The summed E-state index contributed by atoms with van der Waals surface area (Å²) in [7, 11) is 0. The van der Waals surface area contributed by atoms with E-state index in [0.717, 1.165) is 12.8 Å². The Kier molecular flexibility index (Phi) is 3.13. The fraction of sp³-hybridized carbons (Fsp3) is 0.385. The van der Waals surface area contributed by atoms with Crippen molar-refractivity contribution in [2.75, 3.05) is 11.9 Å². The number of aromatic nitrogens is 3. The van der Waals surface area contributed by atoms with Crippen LogP contribution in [0.25, 0.3) is 11.3 Å². The van der Waals surface area contributed by atoms with Gasteiger partial charge < -0.3 is 11.1 Å². The van der Waals surface area contributed by atoms with Gasteiger partial charge in [-0.3, -0.25) is 5.10 Å². The van der Waals surface area contributed by atoms with E-state index in [2.05, 4.69) is 20.5 Å². The quantitative estimate of drug-likeness (QED) is 0.784. The second kappa shape index (κ2) is 4.82. The molecule has 0 saturated heterocycles. The minimum absolute atomic E-state index is 0.247. The zero-order chi connectivity index (χ0) is 14.2. The summed E-state index contributed by atoms with van der Waals surface area (Å²) in [5.41, 5.74) is 6.92. The molecule has 20 heavy (non-hydrogen) atoms. The van der Waals surface area contributed by atoms with E-state index in [0.29, 0.717) is 23.5 Å². The van der Waals surface area contributed by atoms with Crippen LogP contribution in [0.2, 0.25) is 0 Å². The van der Waals surface area contributed by atoms with E-state index in [4.69, 9.17) is 5.73 Å². The van der Waals surface area contributed by atoms with Gasteiger partial charge in [0.25, 0.3) is 6.43 Å². The summed E-state index contributed by atoms with van der Waals surface area (Å²) >= 11 is 0. The van der Waals surface area contributed by atoms with Crippen LogP contribution in [0, 0.1) is 0 Å². The number of nitrogens with two attached hydrogens (primary N) is 1. The summed E-state index contributed by atoms with van der Waals surface area (Å²) in [6.45, 7) is 0.486. The molecule has 0 unspecified atom stereocenters. The number of halogens is 2. The van der Waals surface area contributed by atoms with Crippen LogP contribution < -0.4 is 11.1 Å². The molecule has 0 aliphatic heterocycles. The number of anilines is 1. The van der Waals surface area contributed by atoms with Crippen molar-refractivity contribution in [2.24, 2.45) is 5.73 Å². The Balaban J connectivity index is 1.86. The van der Waals surface area contributed by atoms with Crippen molar-refractivity contribution >= 4 is 5.69 Å². The minimum Gasteiger partial charge on any atom is -0.382 e. The molecular formula is C13H15F2N5. The highest BCUT2D eigenvalue weighted by atomic mass is 19.3. The largest absolute Gasteiger partial charge is 0.382 e. The molecule has 2 aromatic rings. The highest BCUT2D eigenvalue weighted by Gasteiger charge is 2.38. The molecule has 2 aromatic heterocycles. The van der Waals surface area contributed by atoms with Gasteiger partial charge in [0.1, 0.15) is 5.69 Å². The summed E-state index contributed by atoms with van der Waals surface area (Å²) < 4.78 is 26.3. The third kappa shape index (κ3) is 2.62. The number of hydrogen-bond acceptors (Lipinski definition) is 4. The van der Waals surface area contributed by atoms with Crippen LogP contribution in [0.5, 0.6) is 0 Å². The van der Waals surface area contributed by atoms with E-state index in [-0.39, 0.29) is 11.2 Å². The van der Waals surface area contributed by atoms with Crippen LogP contribution >= 0.6 is 0 Å². The van der Waals surface area contributed by atoms with Crippen LogP contribution in [-0.4, -0.2) is 27.3 Å². The number of pyridine rings is 1. The normalized spacial score (nSPS) is 16.4. The van der Waals surface area contributed by atoms with E-state index >= 15 is 0 Å². The summed E-state index contributed by atoms with van der Waals surface area (Å²) in [5.74, 6) is 0. The van der Waals surface area contributed by atoms with Crippen molar-refractivity contribution in [2.45, 2.75) is 24.8 Å². The fourth-order valence-electron chi connectivity index (χ4n) is 1.95.